The number of benzene rings is 1. The first-order valence-corrected chi connectivity index (χ1v) is 4.90. The van der Waals surface area contributed by atoms with Gasteiger partial charge in [0.25, 0.3) is 0 Å². The first-order chi connectivity index (χ1) is 6.63. The van der Waals surface area contributed by atoms with Gasteiger partial charge < -0.3 is 0 Å². The zero-order valence-electron chi connectivity index (χ0n) is 8.84. The van der Waals surface area contributed by atoms with E-state index in [0.29, 0.717) is 12.8 Å². The number of carbonyl (C=O) groups excluding carboxylic acids is 1. The molecular weight excluding hydrogens is 172 g/mol. The molecule has 1 aromatic rings. The summed E-state index contributed by atoms with van der Waals surface area (Å²) in [4.78, 5) is 11.2. The van der Waals surface area contributed by atoms with Crippen molar-refractivity contribution in [1.29, 1.82) is 0 Å². The Morgan fingerprint density at radius 1 is 1.29 bits per heavy atom. The zero-order valence-corrected chi connectivity index (χ0v) is 8.84. The number of allylic oxidation sites excluding steroid dienone is 1. The summed E-state index contributed by atoms with van der Waals surface area (Å²) in [6, 6.07) is 8.02. The fourth-order valence-corrected chi connectivity index (χ4v) is 1.26. The third-order valence-electron chi connectivity index (χ3n) is 2.24. The van der Waals surface area contributed by atoms with Gasteiger partial charge in [0.2, 0.25) is 0 Å². The van der Waals surface area contributed by atoms with Crippen LogP contribution in [0.4, 0.5) is 0 Å². The second-order valence-corrected chi connectivity index (χ2v) is 3.55. The lowest BCUT2D eigenvalue weighted by Crippen LogP contribution is -1.99. The maximum Gasteiger partial charge on any atom is 0.136 e. The van der Waals surface area contributed by atoms with Gasteiger partial charge in [-0.05, 0) is 18.1 Å². The lowest BCUT2D eigenvalue weighted by Gasteiger charge is -2.02. The quantitative estimate of drug-likeness (QED) is 0.709. The van der Waals surface area contributed by atoms with E-state index in [1.807, 2.05) is 38.1 Å². The summed E-state index contributed by atoms with van der Waals surface area (Å²) in [6.07, 6.45) is 1.16. The summed E-state index contributed by atoms with van der Waals surface area (Å²) in [5.74, 6) is 0.285. The molecular formula is C13H16O. The van der Waals surface area contributed by atoms with Crippen LogP contribution in [0.15, 0.2) is 30.8 Å². The predicted molar refractivity (Wildman–Crippen MR) is 60.2 cm³/mol. The SMILES string of the molecule is C=C(C)c1ccc(CC(=O)CC)cc1. The monoisotopic (exact) mass is 188 g/mol. The fourth-order valence-electron chi connectivity index (χ4n) is 1.26. The summed E-state index contributed by atoms with van der Waals surface area (Å²) in [7, 11) is 0. The van der Waals surface area contributed by atoms with E-state index >= 15 is 0 Å². The number of Topliss-reactive ketones (excluding diaryl/α,β-unsaturated/α-hetero) is 1. The Morgan fingerprint density at radius 2 is 1.86 bits per heavy atom. The fraction of sp³-hybridized carbons (Fsp3) is 0.308. The molecule has 0 N–H and O–H groups in total. The van der Waals surface area contributed by atoms with Crippen LogP contribution in [-0.2, 0) is 11.2 Å². The lowest BCUT2D eigenvalue weighted by molar-refractivity contribution is -0.118. The Kier molecular flexibility index (Phi) is 3.63. The summed E-state index contributed by atoms with van der Waals surface area (Å²) in [5.41, 5.74) is 3.28. The van der Waals surface area contributed by atoms with Gasteiger partial charge in [-0.2, -0.15) is 0 Å². The molecule has 0 amide bonds. The standard InChI is InChI=1S/C13H16O/c1-4-13(14)9-11-5-7-12(8-6-11)10(2)3/h5-8H,2,4,9H2,1,3H3. The third kappa shape index (κ3) is 2.84. The van der Waals surface area contributed by atoms with Crippen molar-refractivity contribution in [2.75, 3.05) is 0 Å². The molecule has 0 spiro atoms. The van der Waals surface area contributed by atoms with Crippen LogP contribution in [0.2, 0.25) is 0 Å². The number of hydrogen-bond donors (Lipinski definition) is 0. The molecule has 1 heteroatoms. The molecule has 0 atom stereocenters. The van der Waals surface area contributed by atoms with Gasteiger partial charge in [0.1, 0.15) is 5.78 Å². The highest BCUT2D eigenvalue weighted by Gasteiger charge is 2.00. The van der Waals surface area contributed by atoms with Crippen molar-refractivity contribution in [3.05, 3.63) is 42.0 Å². The molecule has 0 saturated carbocycles. The van der Waals surface area contributed by atoms with Crippen molar-refractivity contribution in [3.63, 3.8) is 0 Å². The number of ketones is 1. The normalized spacial score (nSPS) is 9.86. The van der Waals surface area contributed by atoms with E-state index in [2.05, 4.69) is 6.58 Å². The maximum atomic E-state index is 11.2. The molecule has 1 rings (SSSR count). The van der Waals surface area contributed by atoms with Crippen molar-refractivity contribution >= 4 is 11.4 Å². The molecule has 1 nitrogen and oxygen atoms in total. The number of hydrogen-bond acceptors (Lipinski definition) is 1. The van der Waals surface area contributed by atoms with Gasteiger partial charge in [-0.1, -0.05) is 43.3 Å². The maximum absolute atomic E-state index is 11.2. The number of carbonyl (C=O) groups is 1. The molecule has 0 heterocycles. The summed E-state index contributed by atoms with van der Waals surface area (Å²) in [6.45, 7) is 7.74. The van der Waals surface area contributed by atoms with E-state index in [-0.39, 0.29) is 5.78 Å². The van der Waals surface area contributed by atoms with Gasteiger partial charge in [-0.25, -0.2) is 0 Å². The Labute approximate surface area is 85.5 Å². The molecule has 0 unspecified atom stereocenters. The van der Waals surface area contributed by atoms with Crippen molar-refractivity contribution in [1.82, 2.24) is 0 Å². The predicted octanol–water partition coefficient (Wildman–Crippen LogP) is 3.24. The summed E-state index contributed by atoms with van der Waals surface area (Å²) < 4.78 is 0. The second-order valence-electron chi connectivity index (χ2n) is 3.55. The largest absolute Gasteiger partial charge is 0.299 e. The minimum Gasteiger partial charge on any atom is -0.299 e. The van der Waals surface area contributed by atoms with Gasteiger partial charge >= 0.3 is 0 Å². The van der Waals surface area contributed by atoms with Crippen LogP contribution >= 0.6 is 0 Å². The van der Waals surface area contributed by atoms with Gasteiger partial charge in [-0.15, -0.1) is 0 Å². The second kappa shape index (κ2) is 4.75. The Bertz CT molecular complexity index is 333. The molecule has 74 valence electrons. The lowest BCUT2D eigenvalue weighted by atomic mass is 10.0. The smallest absolute Gasteiger partial charge is 0.136 e. The minimum atomic E-state index is 0.285. The summed E-state index contributed by atoms with van der Waals surface area (Å²) >= 11 is 0. The molecule has 0 radical (unpaired) electrons. The van der Waals surface area contributed by atoms with Gasteiger partial charge in [0.05, 0.1) is 0 Å². The van der Waals surface area contributed by atoms with E-state index in [1.165, 1.54) is 0 Å². The van der Waals surface area contributed by atoms with E-state index < -0.39 is 0 Å². The Morgan fingerprint density at radius 3 is 2.29 bits per heavy atom. The number of rotatable bonds is 4. The third-order valence-corrected chi connectivity index (χ3v) is 2.24. The molecule has 0 bridgehead atoms. The highest BCUT2D eigenvalue weighted by molar-refractivity contribution is 5.80. The van der Waals surface area contributed by atoms with Crippen molar-refractivity contribution < 1.29 is 4.79 Å². The van der Waals surface area contributed by atoms with E-state index in [1.54, 1.807) is 0 Å². The topological polar surface area (TPSA) is 17.1 Å². The molecule has 1 aromatic carbocycles. The van der Waals surface area contributed by atoms with E-state index in [4.69, 9.17) is 0 Å². The molecule has 0 saturated heterocycles. The highest BCUT2D eigenvalue weighted by atomic mass is 16.1. The molecule has 0 aliphatic heterocycles. The van der Waals surface area contributed by atoms with E-state index in [9.17, 15) is 4.79 Å². The van der Waals surface area contributed by atoms with Gasteiger partial charge in [0.15, 0.2) is 0 Å². The van der Waals surface area contributed by atoms with Crippen LogP contribution in [0.3, 0.4) is 0 Å². The van der Waals surface area contributed by atoms with Crippen LogP contribution < -0.4 is 0 Å². The van der Waals surface area contributed by atoms with Crippen molar-refractivity contribution in [2.45, 2.75) is 26.7 Å². The van der Waals surface area contributed by atoms with Crippen LogP contribution in [0, 0.1) is 0 Å². The van der Waals surface area contributed by atoms with Crippen molar-refractivity contribution in [3.8, 4) is 0 Å². The average Bonchev–Trinajstić information content (AvgIpc) is 2.18. The average molecular weight is 188 g/mol. The summed E-state index contributed by atoms with van der Waals surface area (Å²) in [5, 5.41) is 0. The van der Waals surface area contributed by atoms with Gasteiger partial charge in [-0.3, -0.25) is 4.79 Å². The van der Waals surface area contributed by atoms with Crippen LogP contribution in [-0.4, -0.2) is 5.78 Å². The van der Waals surface area contributed by atoms with Crippen LogP contribution in [0.5, 0.6) is 0 Å². The van der Waals surface area contributed by atoms with Gasteiger partial charge in [0, 0.05) is 12.8 Å². The van der Waals surface area contributed by atoms with Crippen LogP contribution in [0.25, 0.3) is 5.57 Å². The van der Waals surface area contributed by atoms with Crippen LogP contribution in [0.1, 0.15) is 31.4 Å². The van der Waals surface area contributed by atoms with E-state index in [0.717, 1.165) is 16.7 Å². The molecule has 0 aliphatic carbocycles. The first-order valence-electron chi connectivity index (χ1n) is 4.90. The molecule has 0 aliphatic rings. The highest BCUT2D eigenvalue weighted by Crippen LogP contribution is 2.12. The first kappa shape index (κ1) is 10.7. The molecule has 0 fully saturated rings. The molecule has 14 heavy (non-hydrogen) atoms. The zero-order chi connectivity index (χ0) is 10.6. The van der Waals surface area contributed by atoms with Crippen molar-refractivity contribution in [2.24, 2.45) is 0 Å². The Balaban J connectivity index is 2.73. The Hall–Kier alpha value is -1.37. The molecule has 0 aromatic heterocycles. The minimum absolute atomic E-state index is 0.285.